The van der Waals surface area contributed by atoms with E-state index in [2.05, 4.69) is 10.2 Å². The maximum absolute atomic E-state index is 12.0. The Morgan fingerprint density at radius 1 is 1.32 bits per heavy atom. The third-order valence-corrected chi connectivity index (χ3v) is 3.55. The van der Waals surface area contributed by atoms with Crippen molar-refractivity contribution in [3.8, 4) is 0 Å². The molecule has 0 aromatic heterocycles. The quantitative estimate of drug-likeness (QED) is 0.657. The molecule has 1 aliphatic heterocycles. The van der Waals surface area contributed by atoms with Gasteiger partial charge in [0, 0.05) is 43.9 Å². The minimum atomic E-state index is -0.484. The summed E-state index contributed by atoms with van der Waals surface area (Å²) in [6.07, 6.45) is 0.406. The number of nitro benzene ring substituents is 1. The highest BCUT2D eigenvalue weighted by atomic mass is 16.6. The SMILES string of the molecule is C[C@@H]1CN(CCNC(=O)c2ccc([N+](=O)[O-])cc2)C[C@@H](C)O1. The van der Waals surface area contributed by atoms with Gasteiger partial charge in [-0.05, 0) is 26.0 Å². The van der Waals surface area contributed by atoms with Crippen LogP contribution in [0.1, 0.15) is 24.2 Å². The Morgan fingerprint density at radius 2 is 1.91 bits per heavy atom. The fourth-order valence-electron chi connectivity index (χ4n) is 2.63. The Bertz CT molecular complexity index is 522. The lowest BCUT2D eigenvalue weighted by Gasteiger charge is -2.35. The first-order valence-electron chi connectivity index (χ1n) is 7.36. The van der Waals surface area contributed by atoms with Crippen LogP contribution in [0.15, 0.2) is 24.3 Å². The molecule has 0 spiro atoms. The van der Waals surface area contributed by atoms with Crippen LogP contribution in [0, 0.1) is 10.1 Å². The van der Waals surface area contributed by atoms with E-state index >= 15 is 0 Å². The van der Waals surface area contributed by atoms with Gasteiger partial charge in [-0.2, -0.15) is 0 Å². The van der Waals surface area contributed by atoms with Crippen LogP contribution >= 0.6 is 0 Å². The Kier molecular flexibility index (Phi) is 5.46. The Hall–Kier alpha value is -1.99. The third kappa shape index (κ3) is 4.51. The van der Waals surface area contributed by atoms with Gasteiger partial charge in [0.15, 0.2) is 0 Å². The highest BCUT2D eigenvalue weighted by Crippen LogP contribution is 2.12. The molecule has 1 N–H and O–H groups in total. The molecule has 7 nitrogen and oxygen atoms in total. The monoisotopic (exact) mass is 307 g/mol. The van der Waals surface area contributed by atoms with Crippen LogP contribution in [0.3, 0.4) is 0 Å². The van der Waals surface area contributed by atoms with Gasteiger partial charge in [-0.25, -0.2) is 0 Å². The van der Waals surface area contributed by atoms with E-state index in [1.54, 1.807) is 0 Å². The molecule has 22 heavy (non-hydrogen) atoms. The van der Waals surface area contributed by atoms with Crippen molar-refractivity contribution in [1.29, 1.82) is 0 Å². The first-order valence-corrected chi connectivity index (χ1v) is 7.36. The van der Waals surface area contributed by atoms with Gasteiger partial charge in [-0.3, -0.25) is 19.8 Å². The van der Waals surface area contributed by atoms with Gasteiger partial charge in [0.2, 0.25) is 0 Å². The summed E-state index contributed by atoms with van der Waals surface area (Å²) in [5, 5.41) is 13.4. The number of hydrogen-bond donors (Lipinski definition) is 1. The number of hydrogen-bond acceptors (Lipinski definition) is 5. The van der Waals surface area contributed by atoms with Crippen LogP contribution in [-0.4, -0.2) is 54.1 Å². The zero-order chi connectivity index (χ0) is 16.1. The molecule has 2 rings (SSSR count). The molecule has 1 amide bonds. The van der Waals surface area contributed by atoms with E-state index in [1.807, 2.05) is 13.8 Å². The number of nitrogens with one attached hydrogen (secondary N) is 1. The zero-order valence-electron chi connectivity index (χ0n) is 12.8. The van der Waals surface area contributed by atoms with Crippen molar-refractivity contribution >= 4 is 11.6 Å². The number of benzene rings is 1. The predicted molar refractivity (Wildman–Crippen MR) is 81.9 cm³/mol. The summed E-state index contributed by atoms with van der Waals surface area (Å²) in [5.41, 5.74) is 0.405. The maximum Gasteiger partial charge on any atom is 0.269 e. The van der Waals surface area contributed by atoms with Gasteiger partial charge in [0.25, 0.3) is 11.6 Å². The summed E-state index contributed by atoms with van der Waals surface area (Å²) in [7, 11) is 0. The van der Waals surface area contributed by atoms with E-state index in [0.29, 0.717) is 12.1 Å². The molecule has 0 bridgehead atoms. The van der Waals surface area contributed by atoms with Crippen molar-refractivity contribution in [3.63, 3.8) is 0 Å². The lowest BCUT2D eigenvalue weighted by Crippen LogP contribution is -2.47. The second-order valence-electron chi connectivity index (χ2n) is 5.58. The van der Waals surface area contributed by atoms with Crippen LogP contribution in [-0.2, 0) is 4.74 Å². The topological polar surface area (TPSA) is 84.7 Å². The van der Waals surface area contributed by atoms with E-state index in [1.165, 1.54) is 24.3 Å². The minimum Gasteiger partial charge on any atom is -0.373 e. The number of nitrogens with zero attached hydrogens (tertiary/aromatic N) is 2. The van der Waals surface area contributed by atoms with E-state index in [0.717, 1.165) is 19.6 Å². The Labute approximate surface area is 129 Å². The largest absolute Gasteiger partial charge is 0.373 e. The van der Waals surface area contributed by atoms with E-state index in [9.17, 15) is 14.9 Å². The van der Waals surface area contributed by atoms with Crippen molar-refractivity contribution in [1.82, 2.24) is 10.2 Å². The number of amides is 1. The second kappa shape index (κ2) is 7.33. The summed E-state index contributed by atoms with van der Waals surface area (Å²) < 4.78 is 5.66. The highest BCUT2D eigenvalue weighted by Gasteiger charge is 2.21. The highest BCUT2D eigenvalue weighted by molar-refractivity contribution is 5.94. The predicted octanol–water partition coefficient (Wildman–Crippen LogP) is 1.43. The molecule has 0 unspecified atom stereocenters. The van der Waals surface area contributed by atoms with Crippen molar-refractivity contribution < 1.29 is 14.5 Å². The molecule has 0 aliphatic carbocycles. The number of rotatable bonds is 5. The molecule has 1 fully saturated rings. The molecule has 7 heteroatoms. The second-order valence-corrected chi connectivity index (χ2v) is 5.58. The summed E-state index contributed by atoms with van der Waals surface area (Å²) >= 11 is 0. The molecule has 1 saturated heterocycles. The lowest BCUT2D eigenvalue weighted by atomic mass is 10.2. The molecule has 1 aromatic rings. The lowest BCUT2D eigenvalue weighted by molar-refractivity contribution is -0.384. The van der Waals surface area contributed by atoms with E-state index < -0.39 is 4.92 Å². The summed E-state index contributed by atoms with van der Waals surface area (Å²) in [4.78, 5) is 24.3. The van der Waals surface area contributed by atoms with Crippen molar-refractivity contribution in [2.24, 2.45) is 0 Å². The average molecular weight is 307 g/mol. The summed E-state index contributed by atoms with van der Waals surface area (Å²) in [6, 6.07) is 5.60. The molecule has 2 atom stereocenters. The molecule has 120 valence electrons. The molecule has 0 radical (unpaired) electrons. The van der Waals surface area contributed by atoms with Crippen LogP contribution in [0.2, 0.25) is 0 Å². The zero-order valence-corrected chi connectivity index (χ0v) is 12.8. The third-order valence-electron chi connectivity index (χ3n) is 3.55. The molecular weight excluding hydrogens is 286 g/mol. The van der Waals surface area contributed by atoms with Crippen molar-refractivity contribution in [3.05, 3.63) is 39.9 Å². The summed E-state index contributed by atoms with van der Waals surface area (Å²) in [6.45, 7) is 7.09. The van der Waals surface area contributed by atoms with Gasteiger partial charge in [0.05, 0.1) is 17.1 Å². The maximum atomic E-state index is 12.0. The fraction of sp³-hybridized carbons (Fsp3) is 0.533. The minimum absolute atomic E-state index is 0.0205. The van der Waals surface area contributed by atoms with Crippen LogP contribution in [0.5, 0.6) is 0 Å². The molecular formula is C15H21N3O4. The molecule has 1 aliphatic rings. The van der Waals surface area contributed by atoms with E-state index in [4.69, 9.17) is 4.74 Å². The van der Waals surface area contributed by atoms with Crippen LogP contribution in [0.25, 0.3) is 0 Å². The van der Waals surface area contributed by atoms with Crippen molar-refractivity contribution in [2.75, 3.05) is 26.2 Å². The Morgan fingerprint density at radius 3 is 2.45 bits per heavy atom. The van der Waals surface area contributed by atoms with Gasteiger partial charge < -0.3 is 10.1 Å². The van der Waals surface area contributed by atoms with Crippen LogP contribution in [0.4, 0.5) is 5.69 Å². The number of morpholine rings is 1. The molecule has 1 heterocycles. The standard InChI is InChI=1S/C15H21N3O4/c1-11-9-17(10-12(2)22-11)8-7-16-15(19)13-3-5-14(6-4-13)18(20)21/h3-6,11-12H,7-10H2,1-2H3,(H,16,19)/t11-,12-/m1/s1. The molecule has 0 saturated carbocycles. The van der Waals surface area contributed by atoms with Crippen LogP contribution < -0.4 is 5.32 Å². The number of ether oxygens (including phenoxy) is 1. The number of carbonyl (C=O) groups excluding carboxylic acids is 1. The fourth-order valence-corrected chi connectivity index (χ4v) is 2.63. The number of nitro groups is 1. The first kappa shape index (κ1) is 16.4. The first-order chi connectivity index (χ1) is 10.5. The number of non-ortho nitro benzene ring substituents is 1. The smallest absolute Gasteiger partial charge is 0.269 e. The normalized spacial score (nSPS) is 22.3. The van der Waals surface area contributed by atoms with Gasteiger partial charge in [0.1, 0.15) is 0 Å². The van der Waals surface area contributed by atoms with E-state index in [-0.39, 0.29) is 23.8 Å². The Balaban J connectivity index is 1.79. The van der Waals surface area contributed by atoms with Gasteiger partial charge in [-0.15, -0.1) is 0 Å². The van der Waals surface area contributed by atoms with Gasteiger partial charge in [-0.1, -0.05) is 0 Å². The van der Waals surface area contributed by atoms with Gasteiger partial charge >= 0.3 is 0 Å². The molecule has 1 aromatic carbocycles. The van der Waals surface area contributed by atoms with Crippen molar-refractivity contribution in [2.45, 2.75) is 26.1 Å². The number of carbonyl (C=O) groups is 1. The summed E-state index contributed by atoms with van der Waals surface area (Å²) in [5.74, 6) is -0.218. The average Bonchev–Trinajstić information content (AvgIpc) is 2.46.